The van der Waals surface area contributed by atoms with Gasteiger partial charge in [-0.1, -0.05) is 27.2 Å². The van der Waals surface area contributed by atoms with Gasteiger partial charge in [-0.05, 0) is 18.3 Å². The summed E-state index contributed by atoms with van der Waals surface area (Å²) in [4.78, 5) is 0. The summed E-state index contributed by atoms with van der Waals surface area (Å²) in [5, 5.41) is 18.2. The third-order valence-corrected chi connectivity index (χ3v) is 2.26. The Kier molecular flexibility index (Phi) is 5.51. The van der Waals surface area contributed by atoms with Gasteiger partial charge in [0, 0.05) is 6.61 Å². The fourth-order valence-corrected chi connectivity index (χ4v) is 0.991. The SMILES string of the molecule is CCC(C)C(O)CC(C)CO. The molecule has 0 bridgehead atoms. The van der Waals surface area contributed by atoms with E-state index in [0.717, 1.165) is 6.42 Å². The summed E-state index contributed by atoms with van der Waals surface area (Å²) >= 11 is 0. The maximum atomic E-state index is 9.51. The standard InChI is InChI=1S/C9H20O2/c1-4-8(3)9(11)5-7(2)6-10/h7-11H,4-6H2,1-3H3. The molecule has 0 aromatic rings. The number of aliphatic hydroxyl groups is 2. The summed E-state index contributed by atoms with van der Waals surface area (Å²) < 4.78 is 0. The number of rotatable bonds is 5. The van der Waals surface area contributed by atoms with Gasteiger partial charge in [-0.15, -0.1) is 0 Å². The van der Waals surface area contributed by atoms with Crippen molar-refractivity contribution in [3.8, 4) is 0 Å². The van der Waals surface area contributed by atoms with Gasteiger partial charge in [0.25, 0.3) is 0 Å². The average Bonchev–Trinajstić information content (AvgIpc) is 2.02. The van der Waals surface area contributed by atoms with Gasteiger partial charge in [0.1, 0.15) is 0 Å². The molecule has 0 radical (unpaired) electrons. The van der Waals surface area contributed by atoms with E-state index in [-0.39, 0.29) is 18.6 Å². The molecule has 3 atom stereocenters. The van der Waals surface area contributed by atoms with E-state index < -0.39 is 0 Å². The summed E-state index contributed by atoms with van der Waals surface area (Å²) in [6.45, 7) is 6.23. The highest BCUT2D eigenvalue weighted by molar-refractivity contribution is 4.65. The fraction of sp³-hybridized carbons (Fsp3) is 1.00. The van der Waals surface area contributed by atoms with E-state index in [4.69, 9.17) is 5.11 Å². The highest BCUT2D eigenvalue weighted by Crippen LogP contribution is 2.15. The van der Waals surface area contributed by atoms with E-state index in [1.54, 1.807) is 0 Å². The van der Waals surface area contributed by atoms with Crippen LogP contribution in [0.5, 0.6) is 0 Å². The molecular weight excluding hydrogens is 140 g/mol. The van der Waals surface area contributed by atoms with E-state index in [1.165, 1.54) is 0 Å². The van der Waals surface area contributed by atoms with E-state index in [9.17, 15) is 5.11 Å². The second-order valence-electron chi connectivity index (χ2n) is 3.48. The molecule has 2 heteroatoms. The van der Waals surface area contributed by atoms with Crippen molar-refractivity contribution in [3.63, 3.8) is 0 Å². The van der Waals surface area contributed by atoms with Crippen molar-refractivity contribution in [1.82, 2.24) is 0 Å². The monoisotopic (exact) mass is 160 g/mol. The zero-order valence-corrected chi connectivity index (χ0v) is 7.75. The second kappa shape index (κ2) is 5.56. The predicted octanol–water partition coefficient (Wildman–Crippen LogP) is 1.41. The molecule has 2 N–H and O–H groups in total. The van der Waals surface area contributed by atoms with Crippen LogP contribution in [-0.4, -0.2) is 22.9 Å². The van der Waals surface area contributed by atoms with Gasteiger partial charge in [0.05, 0.1) is 6.10 Å². The fourth-order valence-electron chi connectivity index (χ4n) is 0.991. The molecule has 0 fully saturated rings. The topological polar surface area (TPSA) is 40.5 Å². The number of aliphatic hydroxyl groups excluding tert-OH is 2. The highest BCUT2D eigenvalue weighted by Gasteiger charge is 2.14. The molecule has 0 amide bonds. The Hall–Kier alpha value is -0.0800. The Bertz CT molecular complexity index is 93.6. The maximum absolute atomic E-state index is 9.51. The number of hydrogen-bond acceptors (Lipinski definition) is 2. The lowest BCUT2D eigenvalue weighted by Gasteiger charge is -2.19. The molecule has 0 spiro atoms. The first-order valence-electron chi connectivity index (χ1n) is 4.40. The molecule has 0 rings (SSSR count). The molecule has 3 unspecified atom stereocenters. The van der Waals surface area contributed by atoms with Crippen LogP contribution in [0.15, 0.2) is 0 Å². The second-order valence-corrected chi connectivity index (χ2v) is 3.48. The lowest BCUT2D eigenvalue weighted by atomic mass is 9.94. The molecule has 0 aliphatic rings. The first-order chi connectivity index (χ1) is 5.11. The molecular formula is C9H20O2. The van der Waals surface area contributed by atoms with Crippen LogP contribution in [0.2, 0.25) is 0 Å². The lowest BCUT2D eigenvalue weighted by molar-refractivity contribution is 0.0767. The van der Waals surface area contributed by atoms with Crippen LogP contribution >= 0.6 is 0 Å². The van der Waals surface area contributed by atoms with Crippen molar-refractivity contribution in [2.24, 2.45) is 11.8 Å². The van der Waals surface area contributed by atoms with Gasteiger partial charge >= 0.3 is 0 Å². The zero-order valence-electron chi connectivity index (χ0n) is 7.75. The van der Waals surface area contributed by atoms with Gasteiger partial charge in [0.15, 0.2) is 0 Å². The van der Waals surface area contributed by atoms with E-state index in [2.05, 4.69) is 6.92 Å². The molecule has 0 aromatic carbocycles. The Morgan fingerprint density at radius 3 is 2.18 bits per heavy atom. The van der Waals surface area contributed by atoms with Crippen LogP contribution in [0.25, 0.3) is 0 Å². The molecule has 0 aliphatic heterocycles. The summed E-state index contributed by atoms with van der Waals surface area (Å²) in [6, 6.07) is 0. The summed E-state index contributed by atoms with van der Waals surface area (Å²) in [6.07, 6.45) is 1.47. The summed E-state index contributed by atoms with van der Waals surface area (Å²) in [5.41, 5.74) is 0. The first kappa shape index (κ1) is 10.9. The van der Waals surface area contributed by atoms with Crippen molar-refractivity contribution >= 4 is 0 Å². The minimum absolute atomic E-state index is 0.174. The van der Waals surface area contributed by atoms with Crippen molar-refractivity contribution in [1.29, 1.82) is 0 Å². The van der Waals surface area contributed by atoms with Crippen molar-refractivity contribution in [3.05, 3.63) is 0 Å². The Labute approximate surface area is 69.2 Å². The van der Waals surface area contributed by atoms with Gasteiger partial charge in [-0.25, -0.2) is 0 Å². The van der Waals surface area contributed by atoms with Crippen LogP contribution in [0.4, 0.5) is 0 Å². The summed E-state index contributed by atoms with van der Waals surface area (Å²) in [5.74, 6) is 0.572. The van der Waals surface area contributed by atoms with Crippen LogP contribution in [-0.2, 0) is 0 Å². The van der Waals surface area contributed by atoms with Gasteiger partial charge in [0.2, 0.25) is 0 Å². The normalized spacial score (nSPS) is 19.4. The Morgan fingerprint density at radius 1 is 1.27 bits per heavy atom. The smallest absolute Gasteiger partial charge is 0.0569 e. The average molecular weight is 160 g/mol. The lowest BCUT2D eigenvalue weighted by Crippen LogP contribution is -2.21. The van der Waals surface area contributed by atoms with E-state index in [0.29, 0.717) is 12.3 Å². The van der Waals surface area contributed by atoms with Crippen LogP contribution in [0.1, 0.15) is 33.6 Å². The van der Waals surface area contributed by atoms with Crippen molar-refractivity contribution < 1.29 is 10.2 Å². The molecule has 2 nitrogen and oxygen atoms in total. The van der Waals surface area contributed by atoms with Gasteiger partial charge in [-0.3, -0.25) is 0 Å². The minimum Gasteiger partial charge on any atom is -0.396 e. The largest absolute Gasteiger partial charge is 0.396 e. The van der Waals surface area contributed by atoms with E-state index >= 15 is 0 Å². The maximum Gasteiger partial charge on any atom is 0.0569 e. The molecule has 0 aromatic heterocycles. The van der Waals surface area contributed by atoms with Gasteiger partial charge < -0.3 is 10.2 Å². The molecule has 0 saturated heterocycles. The molecule has 11 heavy (non-hydrogen) atoms. The van der Waals surface area contributed by atoms with Crippen molar-refractivity contribution in [2.75, 3.05) is 6.61 Å². The Balaban J connectivity index is 3.58. The highest BCUT2D eigenvalue weighted by atomic mass is 16.3. The zero-order chi connectivity index (χ0) is 8.85. The molecule has 0 saturated carbocycles. The van der Waals surface area contributed by atoms with Crippen LogP contribution in [0, 0.1) is 11.8 Å². The quantitative estimate of drug-likeness (QED) is 0.638. The van der Waals surface area contributed by atoms with Gasteiger partial charge in [-0.2, -0.15) is 0 Å². The van der Waals surface area contributed by atoms with E-state index in [1.807, 2.05) is 13.8 Å². The Morgan fingerprint density at radius 2 is 1.82 bits per heavy atom. The third kappa shape index (κ3) is 4.38. The molecule has 68 valence electrons. The molecule has 0 heterocycles. The van der Waals surface area contributed by atoms with Crippen LogP contribution in [0.3, 0.4) is 0 Å². The number of hydrogen-bond donors (Lipinski definition) is 2. The summed E-state index contributed by atoms with van der Waals surface area (Å²) in [7, 11) is 0. The molecule has 0 aliphatic carbocycles. The minimum atomic E-state index is -0.248. The predicted molar refractivity (Wildman–Crippen MR) is 46.3 cm³/mol. The third-order valence-electron chi connectivity index (χ3n) is 2.26. The first-order valence-corrected chi connectivity index (χ1v) is 4.40. The van der Waals surface area contributed by atoms with Crippen molar-refractivity contribution in [2.45, 2.75) is 39.7 Å². The van der Waals surface area contributed by atoms with Crippen LogP contribution < -0.4 is 0 Å².